The third-order valence-corrected chi connectivity index (χ3v) is 4.93. The van der Waals surface area contributed by atoms with Crippen LogP contribution in [0.3, 0.4) is 0 Å². The van der Waals surface area contributed by atoms with Crippen molar-refractivity contribution in [1.29, 1.82) is 0 Å². The Balaban J connectivity index is 2.02. The van der Waals surface area contributed by atoms with E-state index >= 15 is 0 Å². The van der Waals surface area contributed by atoms with Crippen molar-refractivity contribution in [2.24, 2.45) is 0 Å². The maximum Gasteiger partial charge on any atom is 0.240 e. The molecule has 124 valence electrons. The minimum Gasteiger partial charge on any atom is -0.378 e. The molecule has 2 rings (SSSR count). The van der Waals surface area contributed by atoms with E-state index in [0.29, 0.717) is 13.2 Å². The van der Waals surface area contributed by atoms with Gasteiger partial charge in [0.1, 0.15) is 0 Å². The normalized spacial score (nSPS) is 16.2. The predicted molar refractivity (Wildman–Crippen MR) is 82.5 cm³/mol. The second-order valence-corrected chi connectivity index (χ2v) is 6.61. The first-order chi connectivity index (χ1) is 10.6. The van der Waals surface area contributed by atoms with Crippen LogP contribution in [0.15, 0.2) is 29.2 Å². The molecule has 0 spiro atoms. The van der Waals surface area contributed by atoms with E-state index in [4.69, 9.17) is 14.2 Å². The lowest BCUT2D eigenvalue weighted by molar-refractivity contribution is -0.0960. The van der Waals surface area contributed by atoms with Crippen molar-refractivity contribution < 1.29 is 22.6 Å². The number of nitrogens with one attached hydrogen (secondary N) is 1. The number of morpholine rings is 1. The van der Waals surface area contributed by atoms with Gasteiger partial charge >= 0.3 is 0 Å². The van der Waals surface area contributed by atoms with Crippen molar-refractivity contribution in [3.05, 3.63) is 24.3 Å². The fourth-order valence-electron chi connectivity index (χ4n) is 2.18. The van der Waals surface area contributed by atoms with Gasteiger partial charge in [0.15, 0.2) is 6.29 Å². The number of anilines is 1. The molecule has 1 aliphatic heterocycles. The molecule has 1 heterocycles. The highest BCUT2D eigenvalue weighted by Crippen LogP contribution is 2.19. The zero-order valence-electron chi connectivity index (χ0n) is 12.8. The van der Waals surface area contributed by atoms with Crippen LogP contribution in [0, 0.1) is 0 Å². The molecule has 22 heavy (non-hydrogen) atoms. The highest BCUT2D eigenvalue weighted by molar-refractivity contribution is 7.89. The van der Waals surface area contributed by atoms with E-state index in [1.54, 1.807) is 12.1 Å². The number of rotatable bonds is 7. The summed E-state index contributed by atoms with van der Waals surface area (Å²) in [5.41, 5.74) is 0.994. The van der Waals surface area contributed by atoms with E-state index in [-0.39, 0.29) is 11.4 Å². The van der Waals surface area contributed by atoms with E-state index < -0.39 is 16.3 Å². The van der Waals surface area contributed by atoms with Gasteiger partial charge in [0, 0.05) is 33.0 Å². The molecule has 1 aromatic rings. The molecule has 8 heteroatoms. The largest absolute Gasteiger partial charge is 0.378 e. The molecule has 0 bridgehead atoms. The number of benzene rings is 1. The fourth-order valence-corrected chi connectivity index (χ4v) is 3.20. The zero-order chi connectivity index (χ0) is 16.0. The summed E-state index contributed by atoms with van der Waals surface area (Å²) in [5, 5.41) is 0. The molecular formula is C14H22N2O5S. The number of methoxy groups -OCH3 is 2. The number of hydrogen-bond donors (Lipinski definition) is 1. The Morgan fingerprint density at radius 3 is 2.32 bits per heavy atom. The van der Waals surface area contributed by atoms with Crippen LogP contribution >= 0.6 is 0 Å². The molecular weight excluding hydrogens is 308 g/mol. The van der Waals surface area contributed by atoms with Gasteiger partial charge in [0.25, 0.3) is 0 Å². The topological polar surface area (TPSA) is 77.1 Å². The van der Waals surface area contributed by atoms with Crippen molar-refractivity contribution in [2.75, 3.05) is 52.0 Å². The van der Waals surface area contributed by atoms with Crippen LogP contribution in [-0.4, -0.2) is 61.8 Å². The van der Waals surface area contributed by atoms with Gasteiger partial charge in [-0.05, 0) is 24.3 Å². The molecule has 7 nitrogen and oxygen atoms in total. The summed E-state index contributed by atoms with van der Waals surface area (Å²) in [6.45, 7) is 3.07. The summed E-state index contributed by atoms with van der Waals surface area (Å²) < 4.78 is 42.1. The Labute approximate surface area is 131 Å². The molecule has 0 radical (unpaired) electrons. The SMILES string of the molecule is COC(CNS(=O)(=O)c1ccc(N2CCOCC2)cc1)OC. The number of hydrogen-bond acceptors (Lipinski definition) is 6. The summed E-state index contributed by atoms with van der Waals surface area (Å²) in [6.07, 6.45) is -0.609. The molecule has 1 aromatic carbocycles. The van der Waals surface area contributed by atoms with Gasteiger partial charge in [-0.2, -0.15) is 0 Å². The van der Waals surface area contributed by atoms with Crippen LogP contribution in [0.4, 0.5) is 5.69 Å². The van der Waals surface area contributed by atoms with Crippen molar-refractivity contribution in [3.63, 3.8) is 0 Å². The minimum atomic E-state index is -3.58. The van der Waals surface area contributed by atoms with Gasteiger partial charge in [0.2, 0.25) is 10.0 Å². The smallest absolute Gasteiger partial charge is 0.240 e. The van der Waals surface area contributed by atoms with Gasteiger partial charge in [-0.15, -0.1) is 0 Å². The third-order valence-electron chi connectivity index (χ3n) is 3.49. The summed E-state index contributed by atoms with van der Waals surface area (Å²) >= 11 is 0. The Hall–Kier alpha value is -1.19. The van der Waals surface area contributed by atoms with Crippen molar-refractivity contribution in [2.45, 2.75) is 11.2 Å². The lowest BCUT2D eigenvalue weighted by atomic mass is 10.2. The van der Waals surface area contributed by atoms with Gasteiger partial charge in [-0.3, -0.25) is 0 Å². The van der Waals surface area contributed by atoms with E-state index in [9.17, 15) is 8.42 Å². The average molecular weight is 330 g/mol. The van der Waals surface area contributed by atoms with E-state index in [1.165, 1.54) is 14.2 Å². The second-order valence-electron chi connectivity index (χ2n) is 4.85. The summed E-state index contributed by atoms with van der Waals surface area (Å²) in [7, 11) is -0.660. The molecule has 1 aliphatic rings. The predicted octanol–water partition coefficient (Wildman–Crippen LogP) is 0.420. The monoisotopic (exact) mass is 330 g/mol. The molecule has 0 unspecified atom stereocenters. The van der Waals surface area contributed by atoms with Crippen LogP contribution in [0.5, 0.6) is 0 Å². The molecule has 1 saturated heterocycles. The average Bonchev–Trinajstić information content (AvgIpc) is 2.57. The Morgan fingerprint density at radius 1 is 1.18 bits per heavy atom. The molecule has 1 N–H and O–H groups in total. The lowest BCUT2D eigenvalue weighted by Crippen LogP contribution is -2.36. The van der Waals surface area contributed by atoms with Crippen molar-refractivity contribution >= 4 is 15.7 Å². The number of ether oxygens (including phenoxy) is 3. The lowest BCUT2D eigenvalue weighted by Gasteiger charge is -2.28. The molecule has 1 fully saturated rings. The minimum absolute atomic E-state index is 0.0561. The van der Waals surface area contributed by atoms with Crippen LogP contribution in [0.2, 0.25) is 0 Å². The van der Waals surface area contributed by atoms with Crippen molar-refractivity contribution in [3.8, 4) is 0 Å². The number of nitrogens with zero attached hydrogens (tertiary/aromatic N) is 1. The van der Waals surface area contributed by atoms with Gasteiger partial charge < -0.3 is 19.1 Å². The van der Waals surface area contributed by atoms with Crippen LogP contribution in [0.1, 0.15) is 0 Å². The van der Waals surface area contributed by atoms with Gasteiger partial charge in [0.05, 0.1) is 24.7 Å². The van der Waals surface area contributed by atoms with E-state index in [2.05, 4.69) is 9.62 Å². The quantitative estimate of drug-likeness (QED) is 0.730. The maximum atomic E-state index is 12.2. The molecule has 0 saturated carbocycles. The van der Waals surface area contributed by atoms with Crippen LogP contribution in [-0.2, 0) is 24.2 Å². The van der Waals surface area contributed by atoms with Gasteiger partial charge in [-0.1, -0.05) is 0 Å². The molecule has 0 amide bonds. The summed E-state index contributed by atoms with van der Waals surface area (Å²) in [5.74, 6) is 0. The standard InChI is InChI=1S/C14H22N2O5S/c1-19-14(20-2)11-15-22(17,18)13-5-3-12(4-6-13)16-7-9-21-10-8-16/h3-6,14-15H,7-11H2,1-2H3. The first kappa shape index (κ1) is 17.2. The molecule has 0 aromatic heterocycles. The van der Waals surface area contributed by atoms with Gasteiger partial charge in [-0.25, -0.2) is 13.1 Å². The first-order valence-electron chi connectivity index (χ1n) is 7.05. The highest BCUT2D eigenvalue weighted by atomic mass is 32.2. The van der Waals surface area contributed by atoms with E-state index in [0.717, 1.165) is 18.8 Å². The van der Waals surface area contributed by atoms with E-state index in [1.807, 2.05) is 12.1 Å². The molecule has 0 aliphatic carbocycles. The van der Waals surface area contributed by atoms with Crippen LogP contribution < -0.4 is 9.62 Å². The Kier molecular flexibility index (Phi) is 6.16. The Bertz CT molecular complexity index is 551. The van der Waals surface area contributed by atoms with Crippen molar-refractivity contribution in [1.82, 2.24) is 4.72 Å². The zero-order valence-corrected chi connectivity index (χ0v) is 13.6. The summed E-state index contributed by atoms with van der Waals surface area (Å²) in [6, 6.07) is 6.82. The fraction of sp³-hybridized carbons (Fsp3) is 0.571. The third kappa shape index (κ3) is 4.40. The second kappa shape index (κ2) is 7.89. The Morgan fingerprint density at radius 2 is 1.77 bits per heavy atom. The highest BCUT2D eigenvalue weighted by Gasteiger charge is 2.17. The summed E-state index contributed by atoms with van der Waals surface area (Å²) in [4.78, 5) is 2.38. The number of sulfonamides is 1. The maximum absolute atomic E-state index is 12.2. The first-order valence-corrected chi connectivity index (χ1v) is 8.53. The molecule has 0 atom stereocenters. The van der Waals surface area contributed by atoms with Crippen LogP contribution in [0.25, 0.3) is 0 Å².